The molecule has 0 aliphatic carbocycles. The first-order chi connectivity index (χ1) is 6.63. The van der Waals surface area contributed by atoms with Crippen LogP contribution in [0.3, 0.4) is 0 Å². The van der Waals surface area contributed by atoms with Crippen LogP contribution >= 0.6 is 23.1 Å². The lowest BCUT2D eigenvalue weighted by Crippen LogP contribution is -2.08. The van der Waals surface area contributed by atoms with Gasteiger partial charge in [0.15, 0.2) is 5.16 Å². The van der Waals surface area contributed by atoms with Crippen molar-refractivity contribution in [2.45, 2.75) is 19.0 Å². The Morgan fingerprint density at radius 3 is 2.79 bits per heavy atom. The van der Waals surface area contributed by atoms with E-state index in [-0.39, 0.29) is 5.56 Å². The van der Waals surface area contributed by atoms with Crippen molar-refractivity contribution >= 4 is 33.3 Å². The second kappa shape index (κ2) is 3.40. The summed E-state index contributed by atoms with van der Waals surface area (Å²) in [5.41, 5.74) is 0.927. The Labute approximate surface area is 89.6 Å². The molecule has 0 spiro atoms. The van der Waals surface area contributed by atoms with Crippen LogP contribution in [-0.4, -0.2) is 16.2 Å². The number of fused-ring (bicyclic) bond motifs is 1. The minimum absolute atomic E-state index is 0.120. The summed E-state index contributed by atoms with van der Waals surface area (Å²) < 4.78 is 0. The van der Waals surface area contributed by atoms with Crippen molar-refractivity contribution in [1.29, 1.82) is 0 Å². The zero-order valence-corrected chi connectivity index (χ0v) is 9.80. The van der Waals surface area contributed by atoms with Gasteiger partial charge in [-0.15, -0.1) is 11.3 Å². The first-order valence-corrected chi connectivity index (χ1v) is 6.21. The van der Waals surface area contributed by atoms with Crippen LogP contribution < -0.4 is 5.56 Å². The molecule has 14 heavy (non-hydrogen) atoms. The number of aromatic amines is 1. The SMILES string of the molecule is CSc1nc(=O)c2c(C)c(C)sc2[nH]1. The van der Waals surface area contributed by atoms with E-state index in [0.29, 0.717) is 5.16 Å². The van der Waals surface area contributed by atoms with Crippen LogP contribution in [0.4, 0.5) is 0 Å². The largest absolute Gasteiger partial charge is 0.326 e. The number of hydrogen-bond donors (Lipinski definition) is 1. The first-order valence-electron chi connectivity index (χ1n) is 4.17. The molecule has 0 radical (unpaired) electrons. The van der Waals surface area contributed by atoms with Crippen LogP contribution in [0.5, 0.6) is 0 Å². The number of aryl methyl sites for hydroxylation is 2. The molecule has 5 heteroatoms. The summed E-state index contributed by atoms with van der Waals surface area (Å²) in [6, 6.07) is 0. The van der Waals surface area contributed by atoms with Gasteiger partial charge in [-0.05, 0) is 25.7 Å². The summed E-state index contributed by atoms with van der Waals surface area (Å²) in [5, 5.41) is 1.43. The van der Waals surface area contributed by atoms with Crippen molar-refractivity contribution < 1.29 is 0 Å². The fraction of sp³-hybridized carbons (Fsp3) is 0.333. The average molecular weight is 226 g/mol. The van der Waals surface area contributed by atoms with Gasteiger partial charge in [-0.3, -0.25) is 4.79 Å². The van der Waals surface area contributed by atoms with E-state index in [9.17, 15) is 4.79 Å². The third-order valence-electron chi connectivity index (χ3n) is 2.22. The molecule has 0 saturated carbocycles. The first kappa shape index (κ1) is 9.73. The van der Waals surface area contributed by atoms with E-state index >= 15 is 0 Å². The monoisotopic (exact) mass is 226 g/mol. The fourth-order valence-electron chi connectivity index (χ4n) is 1.34. The number of aromatic nitrogens is 2. The van der Waals surface area contributed by atoms with Crippen molar-refractivity contribution in [3.63, 3.8) is 0 Å². The smallest absolute Gasteiger partial charge is 0.282 e. The predicted octanol–water partition coefficient (Wildman–Crippen LogP) is 2.32. The highest BCUT2D eigenvalue weighted by Gasteiger charge is 2.10. The van der Waals surface area contributed by atoms with Crippen molar-refractivity contribution in [1.82, 2.24) is 9.97 Å². The molecule has 0 amide bonds. The summed E-state index contributed by atoms with van der Waals surface area (Å²) in [4.78, 5) is 20.9. The summed E-state index contributed by atoms with van der Waals surface area (Å²) >= 11 is 3.07. The van der Waals surface area contributed by atoms with Gasteiger partial charge in [-0.2, -0.15) is 4.98 Å². The molecule has 2 aromatic heterocycles. The number of thiophene rings is 1. The van der Waals surface area contributed by atoms with E-state index in [0.717, 1.165) is 15.8 Å². The molecule has 0 bridgehead atoms. The highest BCUT2D eigenvalue weighted by atomic mass is 32.2. The van der Waals surface area contributed by atoms with Crippen molar-refractivity contribution in [2.75, 3.05) is 6.26 Å². The molecule has 0 unspecified atom stereocenters. The lowest BCUT2D eigenvalue weighted by molar-refractivity contribution is 0.982. The van der Waals surface area contributed by atoms with Gasteiger partial charge in [0.2, 0.25) is 0 Å². The van der Waals surface area contributed by atoms with Crippen LogP contribution in [0, 0.1) is 13.8 Å². The highest BCUT2D eigenvalue weighted by Crippen LogP contribution is 2.26. The Morgan fingerprint density at radius 1 is 1.43 bits per heavy atom. The Morgan fingerprint density at radius 2 is 2.14 bits per heavy atom. The maximum absolute atomic E-state index is 11.7. The molecule has 0 fully saturated rings. The van der Waals surface area contributed by atoms with E-state index in [4.69, 9.17) is 0 Å². The summed E-state index contributed by atoms with van der Waals surface area (Å²) in [6.07, 6.45) is 1.90. The number of thioether (sulfide) groups is 1. The molecule has 0 atom stereocenters. The van der Waals surface area contributed by atoms with Gasteiger partial charge < -0.3 is 4.98 Å². The maximum atomic E-state index is 11.7. The summed E-state index contributed by atoms with van der Waals surface area (Å²) in [5.74, 6) is 0. The Hall–Kier alpha value is -0.810. The van der Waals surface area contributed by atoms with E-state index in [2.05, 4.69) is 9.97 Å². The van der Waals surface area contributed by atoms with Gasteiger partial charge >= 0.3 is 0 Å². The molecule has 2 aromatic rings. The zero-order valence-electron chi connectivity index (χ0n) is 8.17. The fourth-order valence-corrected chi connectivity index (χ4v) is 2.84. The molecule has 0 aliphatic rings. The number of hydrogen-bond acceptors (Lipinski definition) is 4. The van der Waals surface area contributed by atoms with Crippen LogP contribution in [0.2, 0.25) is 0 Å². The number of rotatable bonds is 1. The standard InChI is InChI=1S/C9H10N2OS2/c1-4-5(2)14-8-6(4)7(12)10-9(11-8)13-3/h1-3H3,(H,10,11,12). The lowest BCUT2D eigenvalue weighted by Gasteiger charge is -1.95. The second-order valence-corrected chi connectivity index (χ2v) is 5.06. The summed E-state index contributed by atoms with van der Waals surface area (Å²) in [7, 11) is 0. The van der Waals surface area contributed by atoms with E-state index in [1.54, 1.807) is 11.3 Å². The van der Waals surface area contributed by atoms with Gasteiger partial charge in [0.25, 0.3) is 5.56 Å². The molecule has 3 nitrogen and oxygen atoms in total. The molecular weight excluding hydrogens is 216 g/mol. The summed E-state index contributed by atoms with van der Waals surface area (Å²) in [6.45, 7) is 3.98. The Balaban J connectivity index is 2.90. The van der Waals surface area contributed by atoms with E-state index < -0.39 is 0 Å². The molecule has 74 valence electrons. The molecule has 0 saturated heterocycles. The van der Waals surface area contributed by atoms with Crippen LogP contribution in [0.25, 0.3) is 10.2 Å². The van der Waals surface area contributed by atoms with Gasteiger partial charge in [-0.25, -0.2) is 0 Å². The van der Waals surface area contributed by atoms with Crippen molar-refractivity contribution in [3.05, 3.63) is 20.8 Å². The van der Waals surface area contributed by atoms with E-state index in [1.165, 1.54) is 16.6 Å². The number of H-pyrrole nitrogens is 1. The normalized spacial score (nSPS) is 11.1. The molecule has 2 rings (SSSR count). The lowest BCUT2D eigenvalue weighted by atomic mass is 10.2. The third-order valence-corrected chi connectivity index (χ3v) is 3.92. The van der Waals surface area contributed by atoms with Gasteiger partial charge in [-0.1, -0.05) is 11.8 Å². The predicted molar refractivity (Wildman–Crippen MR) is 61.5 cm³/mol. The molecule has 1 N–H and O–H groups in total. The maximum Gasteiger partial charge on any atom is 0.282 e. The molecule has 0 aliphatic heterocycles. The Kier molecular flexibility index (Phi) is 2.36. The molecule has 2 heterocycles. The van der Waals surface area contributed by atoms with Gasteiger partial charge in [0.1, 0.15) is 4.83 Å². The van der Waals surface area contributed by atoms with Crippen LogP contribution in [0.15, 0.2) is 9.95 Å². The number of nitrogens with zero attached hydrogens (tertiary/aromatic N) is 1. The van der Waals surface area contributed by atoms with Gasteiger partial charge in [0, 0.05) is 4.88 Å². The average Bonchev–Trinajstić information content (AvgIpc) is 2.43. The van der Waals surface area contributed by atoms with Crippen LogP contribution in [0.1, 0.15) is 10.4 Å². The minimum atomic E-state index is -0.120. The molecule has 0 aromatic carbocycles. The van der Waals surface area contributed by atoms with Crippen molar-refractivity contribution in [3.8, 4) is 0 Å². The second-order valence-electron chi connectivity index (χ2n) is 3.04. The van der Waals surface area contributed by atoms with E-state index in [1.807, 2.05) is 20.1 Å². The molecular formula is C9H10N2OS2. The van der Waals surface area contributed by atoms with Crippen LogP contribution in [-0.2, 0) is 0 Å². The van der Waals surface area contributed by atoms with Crippen molar-refractivity contribution in [2.24, 2.45) is 0 Å². The highest BCUT2D eigenvalue weighted by molar-refractivity contribution is 7.98. The Bertz CT molecular complexity index is 541. The quantitative estimate of drug-likeness (QED) is 0.599. The minimum Gasteiger partial charge on any atom is -0.326 e. The zero-order chi connectivity index (χ0) is 10.3. The number of nitrogens with one attached hydrogen (secondary N) is 1. The van der Waals surface area contributed by atoms with Gasteiger partial charge in [0.05, 0.1) is 5.39 Å². The third kappa shape index (κ3) is 1.36. The topological polar surface area (TPSA) is 45.8 Å².